The number of aryl methyl sites for hydroxylation is 1. The summed E-state index contributed by atoms with van der Waals surface area (Å²) in [7, 11) is 0. The molecule has 2 aromatic carbocycles. The van der Waals surface area contributed by atoms with Crippen molar-refractivity contribution in [3.63, 3.8) is 0 Å². The molecule has 7 nitrogen and oxygen atoms in total. The molecule has 37 heavy (non-hydrogen) atoms. The average molecular weight is 506 g/mol. The van der Waals surface area contributed by atoms with Gasteiger partial charge >= 0.3 is 6.03 Å². The second-order valence-corrected chi connectivity index (χ2v) is 11.5. The second-order valence-electron chi connectivity index (χ2n) is 11.5. The van der Waals surface area contributed by atoms with Crippen LogP contribution < -0.4 is 10.6 Å². The van der Waals surface area contributed by atoms with Crippen LogP contribution in [0.25, 0.3) is 0 Å². The molecule has 1 saturated heterocycles. The van der Waals surface area contributed by atoms with Gasteiger partial charge in [0, 0.05) is 30.5 Å². The number of aromatic hydroxyl groups is 1. The van der Waals surface area contributed by atoms with Crippen LogP contribution in [0, 0.1) is 18.8 Å². The van der Waals surface area contributed by atoms with Gasteiger partial charge in [0.05, 0.1) is 5.60 Å². The predicted molar refractivity (Wildman–Crippen MR) is 142 cm³/mol. The molecule has 3 fully saturated rings. The van der Waals surface area contributed by atoms with E-state index in [0.717, 1.165) is 35.7 Å². The predicted octanol–water partition coefficient (Wildman–Crippen LogP) is 4.00. The van der Waals surface area contributed by atoms with Crippen molar-refractivity contribution in [1.29, 1.82) is 0 Å². The van der Waals surface area contributed by atoms with E-state index in [9.17, 15) is 19.8 Å². The Bertz CT molecular complexity index is 1150. The maximum Gasteiger partial charge on any atom is 0.321 e. The normalized spacial score (nSPS) is 29.8. The Balaban J connectivity index is 1.37. The minimum atomic E-state index is -1.04. The van der Waals surface area contributed by atoms with E-state index in [-0.39, 0.29) is 17.7 Å². The summed E-state index contributed by atoms with van der Waals surface area (Å²) in [6.45, 7) is 6.30. The lowest BCUT2D eigenvalue weighted by Crippen LogP contribution is -2.70. The summed E-state index contributed by atoms with van der Waals surface area (Å²) in [6.07, 6.45) is 4.63. The molecule has 3 unspecified atom stereocenters. The number of imide groups is 1. The van der Waals surface area contributed by atoms with E-state index in [1.165, 1.54) is 12.8 Å². The zero-order chi connectivity index (χ0) is 26.2. The number of amides is 3. The number of likely N-dealkylation sites (tertiary alicyclic amines) is 1. The molecule has 0 radical (unpaired) electrons. The fraction of sp³-hybridized carbons (Fsp3) is 0.533. The van der Waals surface area contributed by atoms with Gasteiger partial charge in [0.25, 0.3) is 0 Å². The van der Waals surface area contributed by atoms with Gasteiger partial charge in [0.1, 0.15) is 5.75 Å². The van der Waals surface area contributed by atoms with Gasteiger partial charge in [-0.2, -0.15) is 0 Å². The Labute approximate surface area is 219 Å². The van der Waals surface area contributed by atoms with Crippen LogP contribution in [0.2, 0.25) is 0 Å². The van der Waals surface area contributed by atoms with Crippen LogP contribution in [0.15, 0.2) is 48.5 Å². The highest BCUT2D eigenvalue weighted by Crippen LogP contribution is 2.56. The first kappa shape index (κ1) is 25.7. The molecule has 3 amide bonds. The molecule has 4 atom stereocenters. The number of phenolic OH excluding ortho intramolecular Hbond substituents is 1. The zero-order valence-electron chi connectivity index (χ0n) is 21.9. The van der Waals surface area contributed by atoms with Gasteiger partial charge in [-0.05, 0) is 93.7 Å². The van der Waals surface area contributed by atoms with E-state index in [1.54, 1.807) is 12.1 Å². The third-order valence-corrected chi connectivity index (χ3v) is 9.19. The summed E-state index contributed by atoms with van der Waals surface area (Å²) in [5, 5.41) is 28.2. The van der Waals surface area contributed by atoms with Crippen LogP contribution in [0.4, 0.5) is 4.79 Å². The fourth-order valence-electron chi connectivity index (χ4n) is 6.84. The van der Waals surface area contributed by atoms with Crippen molar-refractivity contribution in [1.82, 2.24) is 15.5 Å². The first-order valence-electron chi connectivity index (χ1n) is 13.6. The van der Waals surface area contributed by atoms with Crippen LogP contribution in [0.1, 0.15) is 62.1 Å². The molecule has 0 bridgehead atoms. The lowest BCUT2D eigenvalue weighted by Gasteiger charge is -2.61. The zero-order valence-corrected chi connectivity index (χ0v) is 21.9. The second kappa shape index (κ2) is 10.1. The Morgan fingerprint density at radius 3 is 2.57 bits per heavy atom. The van der Waals surface area contributed by atoms with Crippen molar-refractivity contribution < 1.29 is 19.8 Å². The van der Waals surface area contributed by atoms with Crippen LogP contribution in [0.5, 0.6) is 5.75 Å². The Kier molecular flexibility index (Phi) is 7.03. The van der Waals surface area contributed by atoms with Gasteiger partial charge in [-0.25, -0.2) is 4.79 Å². The third-order valence-electron chi connectivity index (χ3n) is 9.19. The number of carbonyl (C=O) groups excluding carboxylic acids is 2. The Morgan fingerprint density at radius 1 is 1.08 bits per heavy atom. The monoisotopic (exact) mass is 505 g/mol. The van der Waals surface area contributed by atoms with Gasteiger partial charge in [0.2, 0.25) is 5.91 Å². The number of urea groups is 1. The summed E-state index contributed by atoms with van der Waals surface area (Å²) < 4.78 is 0. The summed E-state index contributed by atoms with van der Waals surface area (Å²) in [4.78, 5) is 28.3. The Morgan fingerprint density at radius 2 is 1.84 bits per heavy atom. The minimum absolute atomic E-state index is 0.0678. The number of carbonyl (C=O) groups is 2. The molecular weight excluding hydrogens is 466 g/mol. The molecule has 5 rings (SSSR count). The number of phenols is 1. The highest BCUT2D eigenvalue weighted by Gasteiger charge is 2.62. The van der Waals surface area contributed by atoms with Crippen LogP contribution in [-0.2, 0) is 16.8 Å². The van der Waals surface area contributed by atoms with Crippen molar-refractivity contribution in [3.8, 4) is 5.75 Å². The molecule has 0 aromatic heterocycles. The highest BCUT2D eigenvalue weighted by molar-refractivity contribution is 5.95. The number of piperidine rings is 1. The summed E-state index contributed by atoms with van der Waals surface area (Å²) in [5.74, 6) is 0.166. The number of rotatable bonds is 6. The van der Waals surface area contributed by atoms with E-state index in [1.807, 2.05) is 43.3 Å². The number of benzene rings is 2. The average Bonchev–Trinajstić information content (AvgIpc) is 3.71. The fourth-order valence-corrected chi connectivity index (χ4v) is 6.84. The van der Waals surface area contributed by atoms with E-state index < -0.39 is 23.0 Å². The number of hydrogen-bond acceptors (Lipinski definition) is 5. The standard InChI is InChI=1S/C30H39N3O4/c1-20-8-11-25(34)16-26(20)29-14-15-33(19-23-9-10-23)21(2)30(29,37)13-12-24(17-29)27(35)32-28(36)31-18-22-6-4-3-5-7-22/h3-8,11,16,21,23-24,34,37H,9-10,12-15,17-19H2,1-2H3,(H2,31,32,35,36)/t21?,24-,29?,30?/m1/s1. The van der Waals surface area contributed by atoms with Crippen LogP contribution >= 0.6 is 0 Å². The maximum absolute atomic E-state index is 13.3. The smallest absolute Gasteiger partial charge is 0.321 e. The molecule has 198 valence electrons. The van der Waals surface area contributed by atoms with Crippen molar-refractivity contribution in [2.75, 3.05) is 13.1 Å². The number of fused-ring (bicyclic) bond motifs is 1. The quantitative estimate of drug-likeness (QED) is 0.475. The third kappa shape index (κ3) is 4.99. The van der Waals surface area contributed by atoms with E-state index in [0.29, 0.717) is 32.2 Å². The summed E-state index contributed by atoms with van der Waals surface area (Å²) in [5.41, 5.74) is 1.15. The molecule has 4 N–H and O–H groups in total. The van der Waals surface area contributed by atoms with Gasteiger partial charge in [-0.15, -0.1) is 0 Å². The molecular formula is C30H39N3O4. The molecule has 2 aliphatic carbocycles. The van der Waals surface area contributed by atoms with Gasteiger partial charge in [-0.1, -0.05) is 36.4 Å². The topological polar surface area (TPSA) is 102 Å². The van der Waals surface area contributed by atoms with Crippen molar-refractivity contribution in [2.45, 2.75) is 76.0 Å². The number of hydrogen-bond donors (Lipinski definition) is 4. The van der Waals surface area contributed by atoms with Crippen molar-refractivity contribution >= 4 is 11.9 Å². The molecule has 0 spiro atoms. The first-order chi connectivity index (χ1) is 17.7. The van der Waals surface area contributed by atoms with Crippen LogP contribution in [0.3, 0.4) is 0 Å². The minimum Gasteiger partial charge on any atom is -0.508 e. The molecule has 1 aliphatic heterocycles. The van der Waals surface area contributed by atoms with Gasteiger partial charge in [-0.3, -0.25) is 15.0 Å². The number of nitrogens with one attached hydrogen (secondary N) is 2. The summed E-state index contributed by atoms with van der Waals surface area (Å²) in [6, 6.07) is 14.3. The lowest BCUT2D eigenvalue weighted by atomic mass is 9.51. The summed E-state index contributed by atoms with van der Waals surface area (Å²) >= 11 is 0. The molecule has 3 aliphatic rings. The largest absolute Gasteiger partial charge is 0.508 e. The van der Waals surface area contributed by atoms with Gasteiger partial charge < -0.3 is 15.5 Å². The SMILES string of the molecule is Cc1ccc(O)cc1C12CCN(CC3CC3)C(C)C1(O)CC[C@@H](C(=O)NC(=O)NCc1ccccc1)C2. The number of aliphatic hydroxyl groups is 1. The van der Waals surface area contributed by atoms with Gasteiger partial charge in [0.15, 0.2) is 0 Å². The number of nitrogens with zero attached hydrogens (tertiary/aromatic N) is 1. The van der Waals surface area contributed by atoms with E-state index in [2.05, 4.69) is 22.5 Å². The van der Waals surface area contributed by atoms with Crippen LogP contribution in [-0.4, -0.2) is 51.8 Å². The molecule has 2 aromatic rings. The van der Waals surface area contributed by atoms with Crippen molar-refractivity contribution in [3.05, 3.63) is 65.2 Å². The lowest BCUT2D eigenvalue weighted by molar-refractivity contribution is -0.167. The van der Waals surface area contributed by atoms with E-state index >= 15 is 0 Å². The Hall–Kier alpha value is -2.90. The molecule has 2 saturated carbocycles. The van der Waals surface area contributed by atoms with Crippen molar-refractivity contribution in [2.24, 2.45) is 11.8 Å². The van der Waals surface area contributed by atoms with E-state index in [4.69, 9.17) is 0 Å². The molecule has 7 heteroatoms. The first-order valence-corrected chi connectivity index (χ1v) is 13.6. The highest BCUT2D eigenvalue weighted by atomic mass is 16.3. The maximum atomic E-state index is 13.3. The molecule has 1 heterocycles.